The van der Waals surface area contributed by atoms with Gasteiger partial charge in [0.1, 0.15) is 12.6 Å². The van der Waals surface area contributed by atoms with Crippen molar-refractivity contribution in [3.63, 3.8) is 0 Å². The van der Waals surface area contributed by atoms with Crippen molar-refractivity contribution < 1.29 is 33.7 Å². The Kier molecular flexibility index (Phi) is 10.3. The van der Waals surface area contributed by atoms with Crippen LogP contribution in [0.5, 0.6) is 0 Å². The number of amides is 3. The summed E-state index contributed by atoms with van der Waals surface area (Å²) in [5.41, 5.74) is 3.71. The molecule has 0 aliphatic carbocycles. The second kappa shape index (κ2) is 14.9. The molecule has 6 rings (SSSR count). The van der Waals surface area contributed by atoms with Gasteiger partial charge in [-0.15, -0.1) is 11.8 Å². The van der Waals surface area contributed by atoms with E-state index in [1.165, 1.54) is 0 Å². The van der Waals surface area contributed by atoms with Gasteiger partial charge in [-0.1, -0.05) is 79.7 Å². The van der Waals surface area contributed by atoms with Crippen LogP contribution >= 0.6 is 11.8 Å². The molecule has 47 heavy (non-hydrogen) atoms. The first-order valence-corrected chi connectivity index (χ1v) is 16.4. The Morgan fingerprint density at radius 3 is 2.36 bits per heavy atom. The summed E-state index contributed by atoms with van der Waals surface area (Å²) in [6, 6.07) is 28.6. The molecule has 242 valence electrons. The van der Waals surface area contributed by atoms with Crippen LogP contribution in [0, 0.1) is 5.92 Å². The van der Waals surface area contributed by atoms with Crippen molar-refractivity contribution in [2.45, 2.75) is 56.1 Å². The van der Waals surface area contributed by atoms with E-state index in [1.54, 1.807) is 42.2 Å². The minimum Gasteiger partial charge on any atom is -0.445 e. The number of imide groups is 1. The highest BCUT2D eigenvalue weighted by molar-refractivity contribution is 7.99. The number of rotatable bonds is 10. The lowest BCUT2D eigenvalue weighted by molar-refractivity contribution is -0.268. The van der Waals surface area contributed by atoms with Crippen LogP contribution in [0.3, 0.4) is 0 Å². The summed E-state index contributed by atoms with van der Waals surface area (Å²) in [6.07, 6.45) is -0.354. The van der Waals surface area contributed by atoms with Crippen LogP contribution in [0.2, 0.25) is 0 Å². The summed E-state index contributed by atoms with van der Waals surface area (Å²) in [4.78, 5) is 44.0. The molecule has 2 N–H and O–H groups in total. The van der Waals surface area contributed by atoms with Gasteiger partial charge in [-0.2, -0.15) is 0 Å². The molecule has 0 saturated carbocycles. The molecule has 10 nitrogen and oxygen atoms in total. The lowest BCUT2D eigenvalue weighted by atomic mass is 9.91. The Balaban J connectivity index is 1.14. The number of ether oxygens (including phenoxy) is 3. The van der Waals surface area contributed by atoms with E-state index in [-0.39, 0.29) is 37.8 Å². The predicted octanol–water partition coefficient (Wildman–Crippen LogP) is 5.72. The predicted molar refractivity (Wildman–Crippen MR) is 175 cm³/mol. The molecule has 2 fully saturated rings. The fourth-order valence-electron chi connectivity index (χ4n) is 5.61. The molecule has 0 bridgehead atoms. The largest absolute Gasteiger partial charge is 0.445 e. The van der Waals surface area contributed by atoms with Gasteiger partial charge in [-0.05, 0) is 41.0 Å². The van der Waals surface area contributed by atoms with Crippen LogP contribution in [-0.2, 0) is 37.0 Å². The average Bonchev–Trinajstić information content (AvgIpc) is 3.39. The minimum absolute atomic E-state index is 0.00497. The number of aliphatic hydroxyl groups is 1. The van der Waals surface area contributed by atoms with E-state index in [9.17, 15) is 19.5 Å². The lowest BCUT2D eigenvalue weighted by Gasteiger charge is -2.41. The molecule has 2 aliphatic heterocycles. The fraction of sp³-hybridized carbons (Fsp3) is 0.278. The molecule has 3 heterocycles. The van der Waals surface area contributed by atoms with Gasteiger partial charge >= 0.3 is 6.09 Å². The first kappa shape index (κ1) is 32.4. The number of benzene rings is 3. The maximum Gasteiger partial charge on any atom is 0.408 e. The van der Waals surface area contributed by atoms with Crippen LogP contribution in [0.15, 0.2) is 108 Å². The molecule has 11 heteroatoms. The first-order valence-electron chi connectivity index (χ1n) is 15.4. The topological polar surface area (TPSA) is 127 Å². The molecule has 5 atom stereocenters. The Bertz CT molecular complexity index is 1670. The Morgan fingerprint density at radius 2 is 1.66 bits per heavy atom. The van der Waals surface area contributed by atoms with Gasteiger partial charge in [0.15, 0.2) is 6.29 Å². The van der Waals surface area contributed by atoms with E-state index in [1.807, 2.05) is 72.8 Å². The van der Waals surface area contributed by atoms with E-state index < -0.39 is 30.2 Å². The van der Waals surface area contributed by atoms with Gasteiger partial charge in [-0.25, -0.2) is 14.7 Å². The van der Waals surface area contributed by atoms with Crippen molar-refractivity contribution >= 4 is 35.4 Å². The third-order valence-electron chi connectivity index (χ3n) is 8.23. The molecule has 4 aromatic rings. The number of aliphatic hydroxyl groups excluding tert-OH is 1. The number of nitrogens with one attached hydrogen (secondary N) is 1. The van der Waals surface area contributed by atoms with E-state index in [2.05, 4.69) is 17.2 Å². The van der Waals surface area contributed by atoms with Gasteiger partial charge < -0.3 is 24.6 Å². The molecule has 1 aromatic heterocycles. The maximum atomic E-state index is 13.2. The van der Waals surface area contributed by atoms with Crippen LogP contribution in [0.4, 0.5) is 10.5 Å². The van der Waals surface area contributed by atoms with E-state index in [0.29, 0.717) is 11.4 Å². The number of aromatic nitrogens is 1. The summed E-state index contributed by atoms with van der Waals surface area (Å²) in [5.74, 6) is -0.296. The van der Waals surface area contributed by atoms with Gasteiger partial charge in [0.25, 0.3) is 5.91 Å². The monoisotopic (exact) mass is 653 g/mol. The minimum atomic E-state index is -1.02. The Morgan fingerprint density at radius 1 is 0.936 bits per heavy atom. The first-order chi connectivity index (χ1) is 22.9. The highest BCUT2D eigenvalue weighted by Crippen LogP contribution is 2.43. The molecule has 3 aromatic carbocycles. The molecule has 0 spiro atoms. The number of anilines is 1. The number of thioether (sulfide) groups is 1. The number of carbonyl (C=O) groups excluding carboxylic acids is 3. The van der Waals surface area contributed by atoms with Crippen LogP contribution < -0.4 is 10.2 Å². The van der Waals surface area contributed by atoms with Crippen molar-refractivity contribution in [2.75, 3.05) is 10.7 Å². The second-order valence-corrected chi connectivity index (χ2v) is 12.5. The van der Waals surface area contributed by atoms with Gasteiger partial charge in [-0.3, -0.25) is 9.59 Å². The van der Waals surface area contributed by atoms with Crippen molar-refractivity contribution in [2.24, 2.45) is 5.92 Å². The smallest absolute Gasteiger partial charge is 0.408 e. The van der Waals surface area contributed by atoms with E-state index in [4.69, 9.17) is 14.2 Å². The van der Waals surface area contributed by atoms with E-state index >= 15 is 0 Å². The zero-order valence-electron chi connectivity index (χ0n) is 25.7. The zero-order chi connectivity index (χ0) is 32.8. The average molecular weight is 654 g/mol. The standard InChI is InChI=1S/C36H35N3O7S/c1-23-30(22-47-31-9-5-6-18-37-31)45-35(46-33(23)26-12-10-24(20-40)11-13-26)27-14-16-28(17-15-27)39-32(41)19-29(34(39)42)38-36(43)44-21-25-7-3-2-4-8-25/h2-18,23,29-30,33,35,40H,19-22H2,1H3,(H,38,43)/t23-,29?,30+,33+,35+/m1/s1. The molecule has 2 aliphatic rings. The number of nitrogens with zero attached hydrogens (tertiary/aromatic N) is 2. The third kappa shape index (κ3) is 7.71. The molecule has 0 radical (unpaired) electrons. The Hall–Kier alpha value is -4.55. The highest BCUT2D eigenvalue weighted by Gasteiger charge is 2.41. The van der Waals surface area contributed by atoms with Crippen LogP contribution in [0.25, 0.3) is 0 Å². The summed E-state index contributed by atoms with van der Waals surface area (Å²) in [6.45, 7) is 2.11. The van der Waals surface area contributed by atoms with Crippen molar-refractivity contribution in [3.05, 3.63) is 126 Å². The van der Waals surface area contributed by atoms with Crippen molar-refractivity contribution in [3.8, 4) is 0 Å². The lowest BCUT2D eigenvalue weighted by Crippen LogP contribution is -2.42. The number of pyridine rings is 1. The van der Waals surface area contributed by atoms with Gasteiger partial charge in [0.05, 0.1) is 35.9 Å². The fourth-order valence-corrected chi connectivity index (χ4v) is 6.64. The number of carbonyl (C=O) groups is 3. The summed E-state index contributed by atoms with van der Waals surface area (Å²) >= 11 is 1.61. The molecule has 1 unspecified atom stereocenters. The van der Waals surface area contributed by atoms with Crippen molar-refractivity contribution in [1.29, 1.82) is 0 Å². The summed E-state index contributed by atoms with van der Waals surface area (Å²) < 4.78 is 18.3. The normalized spacial score (nSPS) is 22.7. The maximum absolute atomic E-state index is 13.2. The zero-order valence-corrected chi connectivity index (χ0v) is 26.5. The molecule has 3 amide bonds. The number of hydrogen-bond donors (Lipinski definition) is 2. The quantitative estimate of drug-likeness (QED) is 0.163. The SMILES string of the molecule is C[C@@H]1[C@H](CSc2ccccn2)O[C@H](c2ccc(N3C(=O)CC(NC(=O)OCc4ccccc4)C3=O)cc2)O[C@@H]1c1ccc(CO)cc1. The molecular formula is C36H35N3O7S. The van der Waals surface area contributed by atoms with Gasteiger partial charge in [0.2, 0.25) is 5.91 Å². The molecular weight excluding hydrogens is 618 g/mol. The third-order valence-corrected chi connectivity index (χ3v) is 9.26. The number of hydrogen-bond acceptors (Lipinski definition) is 9. The molecule has 2 saturated heterocycles. The van der Waals surface area contributed by atoms with Crippen LogP contribution in [-0.4, -0.2) is 45.9 Å². The highest BCUT2D eigenvalue weighted by atomic mass is 32.2. The van der Waals surface area contributed by atoms with Crippen LogP contribution in [0.1, 0.15) is 48.0 Å². The summed E-state index contributed by atoms with van der Waals surface area (Å²) in [7, 11) is 0. The second-order valence-electron chi connectivity index (χ2n) is 11.4. The van der Waals surface area contributed by atoms with Gasteiger partial charge in [0, 0.05) is 23.4 Å². The summed E-state index contributed by atoms with van der Waals surface area (Å²) in [5, 5.41) is 12.9. The number of alkyl carbamates (subject to hydrolysis) is 1. The van der Waals surface area contributed by atoms with Crippen molar-refractivity contribution in [1.82, 2.24) is 10.3 Å². The van der Waals surface area contributed by atoms with E-state index in [0.717, 1.165) is 32.2 Å². The Labute approximate surface area is 277 Å².